The van der Waals surface area contributed by atoms with Gasteiger partial charge in [0.1, 0.15) is 11.9 Å². The maximum absolute atomic E-state index is 6.07. The Morgan fingerprint density at radius 3 is 3.07 bits per heavy atom. The summed E-state index contributed by atoms with van der Waals surface area (Å²) in [6.07, 6.45) is 2.55. The van der Waals surface area contributed by atoms with Gasteiger partial charge in [-0.2, -0.15) is 0 Å². The number of nitrogens with one attached hydrogen (secondary N) is 1. The Kier molecular flexibility index (Phi) is 3.49. The SMILES string of the molecule is Cc1ccc(Cl)c(O[C@@H]2CCCNC2)c1. The molecule has 0 bridgehead atoms. The van der Waals surface area contributed by atoms with Gasteiger partial charge in [0.05, 0.1) is 5.02 Å². The average molecular weight is 226 g/mol. The molecule has 3 heteroatoms. The van der Waals surface area contributed by atoms with Crippen molar-refractivity contribution in [2.24, 2.45) is 0 Å². The van der Waals surface area contributed by atoms with E-state index >= 15 is 0 Å². The van der Waals surface area contributed by atoms with E-state index in [1.54, 1.807) is 0 Å². The van der Waals surface area contributed by atoms with Gasteiger partial charge < -0.3 is 10.1 Å². The number of hydrogen-bond acceptors (Lipinski definition) is 2. The lowest BCUT2D eigenvalue weighted by molar-refractivity contribution is 0.167. The number of benzene rings is 1. The van der Waals surface area contributed by atoms with Crippen LogP contribution in [0.4, 0.5) is 0 Å². The van der Waals surface area contributed by atoms with Crippen molar-refractivity contribution >= 4 is 11.6 Å². The number of aryl methyl sites for hydroxylation is 1. The lowest BCUT2D eigenvalue weighted by Crippen LogP contribution is -2.37. The van der Waals surface area contributed by atoms with Crippen LogP contribution in [-0.4, -0.2) is 19.2 Å². The van der Waals surface area contributed by atoms with Gasteiger partial charge >= 0.3 is 0 Å². The Balaban J connectivity index is 2.05. The standard InChI is InChI=1S/C12H16ClNO/c1-9-4-5-11(13)12(7-9)15-10-3-2-6-14-8-10/h4-5,7,10,14H,2-3,6,8H2,1H3/t10-/m1/s1. The van der Waals surface area contributed by atoms with Crippen molar-refractivity contribution < 1.29 is 4.74 Å². The minimum atomic E-state index is 0.262. The van der Waals surface area contributed by atoms with Crippen molar-refractivity contribution in [1.29, 1.82) is 0 Å². The number of piperidine rings is 1. The highest BCUT2D eigenvalue weighted by atomic mass is 35.5. The molecular weight excluding hydrogens is 210 g/mol. The summed E-state index contributed by atoms with van der Waals surface area (Å²) < 4.78 is 5.87. The van der Waals surface area contributed by atoms with Crippen molar-refractivity contribution in [3.63, 3.8) is 0 Å². The van der Waals surface area contributed by atoms with E-state index in [2.05, 4.69) is 5.32 Å². The van der Waals surface area contributed by atoms with E-state index in [4.69, 9.17) is 16.3 Å². The molecular formula is C12H16ClNO. The Labute approximate surface area is 95.6 Å². The van der Waals surface area contributed by atoms with Crippen molar-refractivity contribution in [1.82, 2.24) is 5.32 Å². The van der Waals surface area contributed by atoms with E-state index in [0.29, 0.717) is 5.02 Å². The highest BCUT2D eigenvalue weighted by Crippen LogP contribution is 2.27. The Bertz CT molecular complexity index is 334. The van der Waals surface area contributed by atoms with Gasteiger partial charge in [-0.05, 0) is 44.0 Å². The lowest BCUT2D eigenvalue weighted by atomic mass is 10.1. The molecule has 0 spiro atoms. The van der Waals surface area contributed by atoms with Crippen LogP contribution in [0.2, 0.25) is 5.02 Å². The molecule has 1 aliphatic heterocycles. The molecule has 1 aliphatic rings. The van der Waals surface area contributed by atoms with Gasteiger partial charge in [0, 0.05) is 6.54 Å². The van der Waals surface area contributed by atoms with Crippen LogP contribution in [0, 0.1) is 6.92 Å². The first-order chi connectivity index (χ1) is 7.25. The molecule has 1 atom stereocenters. The molecule has 1 N–H and O–H groups in total. The summed E-state index contributed by atoms with van der Waals surface area (Å²) in [5, 5.41) is 4.02. The maximum Gasteiger partial charge on any atom is 0.138 e. The summed E-state index contributed by atoms with van der Waals surface area (Å²) in [5.41, 5.74) is 1.18. The van der Waals surface area contributed by atoms with E-state index in [0.717, 1.165) is 25.3 Å². The third-order valence-electron chi connectivity index (χ3n) is 2.63. The molecule has 0 aliphatic carbocycles. The second kappa shape index (κ2) is 4.86. The van der Waals surface area contributed by atoms with Crippen LogP contribution in [0.1, 0.15) is 18.4 Å². The summed E-state index contributed by atoms with van der Waals surface area (Å²) in [6.45, 7) is 4.06. The number of hydrogen-bond donors (Lipinski definition) is 1. The van der Waals surface area contributed by atoms with Gasteiger partial charge in [-0.25, -0.2) is 0 Å². The Hall–Kier alpha value is -0.730. The quantitative estimate of drug-likeness (QED) is 0.836. The van der Waals surface area contributed by atoms with Crippen molar-refractivity contribution in [2.75, 3.05) is 13.1 Å². The summed E-state index contributed by atoms with van der Waals surface area (Å²) in [4.78, 5) is 0. The zero-order valence-corrected chi connectivity index (χ0v) is 9.68. The molecule has 1 saturated heterocycles. The lowest BCUT2D eigenvalue weighted by Gasteiger charge is -2.24. The molecule has 0 aromatic heterocycles. The number of halogens is 1. The van der Waals surface area contributed by atoms with Crippen LogP contribution >= 0.6 is 11.6 Å². The fourth-order valence-corrected chi connectivity index (χ4v) is 1.96. The first-order valence-corrected chi connectivity index (χ1v) is 5.77. The molecule has 15 heavy (non-hydrogen) atoms. The predicted octanol–water partition coefficient (Wildman–Crippen LogP) is 2.78. The molecule has 82 valence electrons. The van der Waals surface area contributed by atoms with E-state index in [9.17, 15) is 0 Å². The minimum absolute atomic E-state index is 0.262. The summed E-state index contributed by atoms with van der Waals surface area (Å²) in [7, 11) is 0. The molecule has 0 saturated carbocycles. The normalized spacial score (nSPS) is 21.3. The zero-order chi connectivity index (χ0) is 10.7. The molecule has 0 amide bonds. The molecule has 1 aromatic carbocycles. The number of ether oxygens (including phenoxy) is 1. The first kappa shape index (κ1) is 10.8. The van der Waals surface area contributed by atoms with Gasteiger partial charge in [-0.15, -0.1) is 0 Å². The summed E-state index contributed by atoms with van der Waals surface area (Å²) in [6, 6.07) is 5.88. The topological polar surface area (TPSA) is 21.3 Å². The molecule has 1 aromatic rings. The van der Waals surface area contributed by atoms with Crippen molar-refractivity contribution in [2.45, 2.75) is 25.9 Å². The van der Waals surface area contributed by atoms with Crippen LogP contribution in [0.25, 0.3) is 0 Å². The van der Waals surface area contributed by atoms with Crippen LogP contribution in [0.5, 0.6) is 5.75 Å². The maximum atomic E-state index is 6.07. The second-order valence-corrected chi connectivity index (χ2v) is 4.43. The van der Waals surface area contributed by atoms with Crippen LogP contribution < -0.4 is 10.1 Å². The number of rotatable bonds is 2. The monoisotopic (exact) mass is 225 g/mol. The molecule has 2 rings (SSSR count). The zero-order valence-electron chi connectivity index (χ0n) is 8.92. The second-order valence-electron chi connectivity index (χ2n) is 4.02. The van der Waals surface area contributed by atoms with Crippen LogP contribution in [-0.2, 0) is 0 Å². The average Bonchev–Trinajstić information content (AvgIpc) is 2.25. The molecule has 2 nitrogen and oxygen atoms in total. The smallest absolute Gasteiger partial charge is 0.138 e. The summed E-state index contributed by atoms with van der Waals surface area (Å²) >= 11 is 6.07. The van der Waals surface area contributed by atoms with E-state index in [1.807, 2.05) is 25.1 Å². The van der Waals surface area contributed by atoms with E-state index < -0.39 is 0 Å². The third-order valence-corrected chi connectivity index (χ3v) is 2.94. The largest absolute Gasteiger partial charge is 0.488 e. The van der Waals surface area contributed by atoms with Gasteiger partial charge in [0.25, 0.3) is 0 Å². The molecule has 1 heterocycles. The van der Waals surface area contributed by atoms with Gasteiger partial charge in [0.2, 0.25) is 0 Å². The fraction of sp³-hybridized carbons (Fsp3) is 0.500. The van der Waals surface area contributed by atoms with Gasteiger partial charge in [-0.1, -0.05) is 17.7 Å². The van der Waals surface area contributed by atoms with E-state index in [1.165, 1.54) is 12.0 Å². The highest BCUT2D eigenvalue weighted by Gasteiger charge is 2.15. The summed E-state index contributed by atoms with van der Waals surface area (Å²) in [5.74, 6) is 0.811. The fourth-order valence-electron chi connectivity index (χ4n) is 1.80. The molecule has 0 radical (unpaired) electrons. The van der Waals surface area contributed by atoms with Crippen molar-refractivity contribution in [3.05, 3.63) is 28.8 Å². The molecule has 1 fully saturated rings. The van der Waals surface area contributed by atoms with Crippen LogP contribution in [0.3, 0.4) is 0 Å². The molecule has 0 unspecified atom stereocenters. The van der Waals surface area contributed by atoms with E-state index in [-0.39, 0.29) is 6.10 Å². The highest BCUT2D eigenvalue weighted by molar-refractivity contribution is 6.32. The Morgan fingerprint density at radius 2 is 2.33 bits per heavy atom. The van der Waals surface area contributed by atoms with Crippen molar-refractivity contribution in [3.8, 4) is 5.75 Å². The predicted molar refractivity (Wildman–Crippen MR) is 62.7 cm³/mol. The third kappa shape index (κ3) is 2.86. The first-order valence-electron chi connectivity index (χ1n) is 5.39. The Morgan fingerprint density at radius 1 is 1.47 bits per heavy atom. The van der Waals surface area contributed by atoms with Gasteiger partial charge in [-0.3, -0.25) is 0 Å². The van der Waals surface area contributed by atoms with Gasteiger partial charge in [0.15, 0.2) is 0 Å². The van der Waals surface area contributed by atoms with Crippen LogP contribution in [0.15, 0.2) is 18.2 Å². The minimum Gasteiger partial charge on any atom is -0.488 e.